The number of aliphatic hydroxyl groups excluding tert-OH is 1. The summed E-state index contributed by atoms with van der Waals surface area (Å²) < 4.78 is 2.03. The van der Waals surface area contributed by atoms with E-state index >= 15 is 0 Å². The van der Waals surface area contributed by atoms with E-state index in [1.54, 1.807) is 0 Å². The van der Waals surface area contributed by atoms with Crippen LogP contribution in [0.3, 0.4) is 0 Å². The van der Waals surface area contributed by atoms with E-state index in [9.17, 15) is 0 Å². The van der Waals surface area contributed by atoms with Crippen LogP contribution in [-0.2, 0) is 6.54 Å². The van der Waals surface area contributed by atoms with Gasteiger partial charge in [0.1, 0.15) is 0 Å². The van der Waals surface area contributed by atoms with Gasteiger partial charge < -0.3 is 9.67 Å². The molecule has 0 aliphatic rings. The van der Waals surface area contributed by atoms with Gasteiger partial charge in [0.25, 0.3) is 0 Å². The molecule has 1 heterocycles. The van der Waals surface area contributed by atoms with Crippen molar-refractivity contribution in [1.82, 2.24) is 4.57 Å². The Morgan fingerprint density at radius 1 is 1.58 bits per heavy atom. The highest BCUT2D eigenvalue weighted by Gasteiger charge is 2.04. The van der Waals surface area contributed by atoms with Gasteiger partial charge in [0, 0.05) is 18.4 Å². The molecule has 2 nitrogen and oxygen atoms in total. The molecule has 2 heteroatoms. The molecule has 0 aromatic carbocycles. The Morgan fingerprint density at radius 3 is 2.75 bits per heavy atom. The summed E-state index contributed by atoms with van der Waals surface area (Å²) in [4.78, 5) is 0. The predicted molar refractivity (Wildman–Crippen MR) is 51.1 cm³/mol. The first-order valence-corrected chi connectivity index (χ1v) is 4.10. The Labute approximate surface area is 73.1 Å². The van der Waals surface area contributed by atoms with Crippen molar-refractivity contribution in [3.63, 3.8) is 0 Å². The average molecular weight is 165 g/mol. The van der Waals surface area contributed by atoms with Crippen molar-refractivity contribution >= 4 is 6.08 Å². The minimum atomic E-state index is 0.175. The molecule has 1 rings (SSSR count). The molecule has 0 atom stereocenters. The molecule has 0 saturated heterocycles. The lowest BCUT2D eigenvalue weighted by molar-refractivity contribution is 0.276. The maximum atomic E-state index is 8.78. The van der Waals surface area contributed by atoms with Crippen LogP contribution in [0, 0.1) is 13.8 Å². The average Bonchev–Trinajstić information content (AvgIpc) is 2.29. The fourth-order valence-corrected chi connectivity index (χ4v) is 1.38. The van der Waals surface area contributed by atoms with Gasteiger partial charge in [-0.3, -0.25) is 0 Å². The lowest BCUT2D eigenvalue weighted by Crippen LogP contribution is -2.02. The summed E-state index contributed by atoms with van der Waals surface area (Å²) in [6.45, 7) is 8.70. The van der Waals surface area contributed by atoms with Crippen LogP contribution in [0.25, 0.3) is 6.08 Å². The molecule has 1 N–H and O–H groups in total. The van der Waals surface area contributed by atoms with Gasteiger partial charge in [-0.25, -0.2) is 0 Å². The number of aryl methyl sites for hydroxylation is 1. The van der Waals surface area contributed by atoms with E-state index in [0.29, 0.717) is 6.54 Å². The van der Waals surface area contributed by atoms with E-state index in [1.165, 1.54) is 11.1 Å². The van der Waals surface area contributed by atoms with Crippen molar-refractivity contribution in [3.8, 4) is 0 Å². The third-order valence-electron chi connectivity index (χ3n) is 2.17. The van der Waals surface area contributed by atoms with Crippen LogP contribution >= 0.6 is 0 Å². The summed E-state index contributed by atoms with van der Waals surface area (Å²) in [6.07, 6.45) is 3.88. The third-order valence-corrected chi connectivity index (χ3v) is 2.17. The topological polar surface area (TPSA) is 25.2 Å². The molecule has 1 aromatic heterocycles. The molecular weight excluding hydrogens is 150 g/mol. The maximum Gasteiger partial charge on any atom is 0.0610 e. The SMILES string of the molecule is C=Cc1c(C)c(C)cn1CCO. The molecule has 12 heavy (non-hydrogen) atoms. The highest BCUT2D eigenvalue weighted by molar-refractivity contribution is 5.50. The van der Waals surface area contributed by atoms with Crippen LogP contribution in [0.2, 0.25) is 0 Å². The first-order chi connectivity index (χ1) is 5.70. The first-order valence-electron chi connectivity index (χ1n) is 4.10. The third kappa shape index (κ3) is 1.43. The minimum absolute atomic E-state index is 0.175. The summed E-state index contributed by atoms with van der Waals surface area (Å²) in [6, 6.07) is 0. The van der Waals surface area contributed by atoms with Crippen molar-refractivity contribution < 1.29 is 5.11 Å². The number of hydrogen-bond acceptors (Lipinski definition) is 1. The van der Waals surface area contributed by atoms with Crippen LogP contribution in [0.1, 0.15) is 16.8 Å². The molecule has 0 radical (unpaired) electrons. The van der Waals surface area contributed by atoms with Gasteiger partial charge in [-0.2, -0.15) is 0 Å². The maximum absolute atomic E-state index is 8.78. The van der Waals surface area contributed by atoms with Crippen molar-refractivity contribution in [2.45, 2.75) is 20.4 Å². The summed E-state index contributed by atoms with van der Waals surface area (Å²) >= 11 is 0. The zero-order valence-electron chi connectivity index (χ0n) is 7.67. The van der Waals surface area contributed by atoms with Crippen molar-refractivity contribution in [3.05, 3.63) is 29.6 Å². The summed E-state index contributed by atoms with van der Waals surface area (Å²) in [5.74, 6) is 0. The molecule has 0 saturated carbocycles. The standard InChI is InChI=1S/C10H15NO/c1-4-10-9(3)8(2)7-11(10)5-6-12/h4,7,12H,1,5-6H2,2-3H3. The van der Waals surface area contributed by atoms with Gasteiger partial charge in [-0.05, 0) is 31.1 Å². The summed E-state index contributed by atoms with van der Waals surface area (Å²) in [5.41, 5.74) is 3.61. The molecule has 0 unspecified atom stereocenters. The van der Waals surface area contributed by atoms with Gasteiger partial charge in [-0.1, -0.05) is 6.58 Å². The lowest BCUT2D eigenvalue weighted by atomic mass is 10.2. The molecule has 0 amide bonds. The molecular formula is C10H15NO. The van der Waals surface area contributed by atoms with Crippen LogP contribution in [0.4, 0.5) is 0 Å². The Morgan fingerprint density at radius 2 is 2.25 bits per heavy atom. The van der Waals surface area contributed by atoms with Crippen molar-refractivity contribution in [2.75, 3.05) is 6.61 Å². The van der Waals surface area contributed by atoms with E-state index < -0.39 is 0 Å². The van der Waals surface area contributed by atoms with Gasteiger partial charge in [0.15, 0.2) is 0 Å². The smallest absolute Gasteiger partial charge is 0.0610 e. The molecule has 0 aliphatic heterocycles. The Kier molecular flexibility index (Phi) is 2.71. The molecule has 0 spiro atoms. The molecule has 0 fully saturated rings. The summed E-state index contributed by atoms with van der Waals surface area (Å²) in [5, 5.41) is 8.78. The fraction of sp³-hybridized carbons (Fsp3) is 0.400. The van der Waals surface area contributed by atoms with Crippen LogP contribution in [0.5, 0.6) is 0 Å². The zero-order valence-corrected chi connectivity index (χ0v) is 7.67. The van der Waals surface area contributed by atoms with Crippen LogP contribution in [0.15, 0.2) is 12.8 Å². The first kappa shape index (κ1) is 9.07. The molecule has 1 aromatic rings. The highest BCUT2D eigenvalue weighted by atomic mass is 16.3. The van der Waals surface area contributed by atoms with E-state index in [1.807, 2.05) is 16.8 Å². The molecule has 0 bridgehead atoms. The largest absolute Gasteiger partial charge is 0.395 e. The minimum Gasteiger partial charge on any atom is -0.395 e. The second-order valence-corrected chi connectivity index (χ2v) is 2.94. The fourth-order valence-electron chi connectivity index (χ4n) is 1.38. The second kappa shape index (κ2) is 3.59. The lowest BCUT2D eigenvalue weighted by Gasteiger charge is -2.03. The van der Waals surface area contributed by atoms with Crippen LogP contribution in [-0.4, -0.2) is 16.3 Å². The number of aliphatic hydroxyl groups is 1. The molecule has 66 valence electrons. The Balaban J connectivity index is 3.10. The van der Waals surface area contributed by atoms with E-state index in [-0.39, 0.29) is 6.61 Å². The van der Waals surface area contributed by atoms with Gasteiger partial charge >= 0.3 is 0 Å². The van der Waals surface area contributed by atoms with E-state index in [0.717, 1.165) is 5.69 Å². The highest BCUT2D eigenvalue weighted by Crippen LogP contribution is 2.16. The Bertz CT molecular complexity index is 286. The number of rotatable bonds is 3. The van der Waals surface area contributed by atoms with E-state index in [4.69, 9.17) is 5.11 Å². The normalized spacial score (nSPS) is 10.2. The summed E-state index contributed by atoms with van der Waals surface area (Å²) in [7, 11) is 0. The predicted octanol–water partition coefficient (Wildman–Crippen LogP) is 1.74. The van der Waals surface area contributed by atoms with Gasteiger partial charge in [-0.15, -0.1) is 0 Å². The zero-order chi connectivity index (χ0) is 9.14. The van der Waals surface area contributed by atoms with Gasteiger partial charge in [0.05, 0.1) is 6.61 Å². The second-order valence-electron chi connectivity index (χ2n) is 2.94. The van der Waals surface area contributed by atoms with Crippen LogP contribution < -0.4 is 0 Å². The Hall–Kier alpha value is -1.02. The quantitative estimate of drug-likeness (QED) is 0.725. The monoisotopic (exact) mass is 165 g/mol. The molecule has 0 aliphatic carbocycles. The number of hydrogen-bond donors (Lipinski definition) is 1. The van der Waals surface area contributed by atoms with E-state index in [2.05, 4.69) is 20.4 Å². The van der Waals surface area contributed by atoms with Crippen molar-refractivity contribution in [2.24, 2.45) is 0 Å². The number of aromatic nitrogens is 1. The van der Waals surface area contributed by atoms with Gasteiger partial charge in [0.2, 0.25) is 0 Å². The number of nitrogens with zero attached hydrogens (tertiary/aromatic N) is 1. The van der Waals surface area contributed by atoms with Crippen molar-refractivity contribution in [1.29, 1.82) is 0 Å².